The van der Waals surface area contributed by atoms with Gasteiger partial charge >= 0.3 is 0 Å². The molecule has 2 aliphatic heterocycles. The number of aromatic nitrogens is 2. The largest absolute Gasteiger partial charge is 0.381 e. The number of amides is 2. The minimum Gasteiger partial charge on any atom is -0.381 e. The monoisotopic (exact) mass is 558 g/mol. The fraction of sp³-hybridized carbons (Fsp3) is 0.444. The maximum absolute atomic E-state index is 14.1. The third kappa shape index (κ3) is 4.69. The fourth-order valence-corrected chi connectivity index (χ4v) is 6.49. The Morgan fingerprint density at radius 1 is 1.21 bits per heavy atom. The average Bonchev–Trinajstić information content (AvgIpc) is 3.48. The lowest BCUT2D eigenvalue weighted by Gasteiger charge is -2.27. The zero-order valence-electron chi connectivity index (χ0n) is 21.6. The fourth-order valence-electron chi connectivity index (χ4n) is 5.67. The van der Waals surface area contributed by atoms with E-state index < -0.39 is 26.8 Å². The number of fused-ring (bicyclic) bond motifs is 3. The minimum absolute atomic E-state index is 0.0410. The molecule has 202 valence electrons. The summed E-state index contributed by atoms with van der Waals surface area (Å²) in [5.74, 6) is 0.151. The standard InChI is InChI=1S/C27H31ClN4O5S/c1-26(2,35)24(33)30-13-11-27(17-30)19-7-4-5-8-21(19)32(25(27)34)16-23-29-20-15-18(28)9-10-22(20)31(23)12-6-14-38(3,36)37/h4-5,7-10,15,35H,6,11-14,16-17H2,1-3H3/t27-/m1/s1. The van der Waals surface area contributed by atoms with E-state index in [1.54, 1.807) is 21.9 Å². The Kier molecular flexibility index (Phi) is 6.56. The summed E-state index contributed by atoms with van der Waals surface area (Å²) in [4.78, 5) is 35.0. The molecule has 1 saturated heterocycles. The third-order valence-corrected chi connectivity index (χ3v) is 8.70. The highest BCUT2D eigenvalue weighted by Gasteiger charge is 2.56. The van der Waals surface area contributed by atoms with Gasteiger partial charge < -0.3 is 19.5 Å². The van der Waals surface area contributed by atoms with Gasteiger partial charge in [-0.1, -0.05) is 29.8 Å². The van der Waals surface area contributed by atoms with Gasteiger partial charge in [0.1, 0.15) is 21.3 Å². The molecule has 1 N–H and O–H groups in total. The second kappa shape index (κ2) is 9.36. The van der Waals surface area contributed by atoms with Gasteiger partial charge in [0.05, 0.1) is 28.7 Å². The van der Waals surface area contributed by atoms with Crippen molar-refractivity contribution in [3.8, 4) is 0 Å². The Morgan fingerprint density at radius 2 is 1.95 bits per heavy atom. The van der Waals surface area contributed by atoms with Crippen molar-refractivity contribution in [3.63, 3.8) is 0 Å². The van der Waals surface area contributed by atoms with Gasteiger partial charge in [0, 0.05) is 36.6 Å². The van der Waals surface area contributed by atoms with Crippen molar-refractivity contribution < 1.29 is 23.1 Å². The normalized spacial score (nSPS) is 19.7. The number of halogens is 1. The summed E-state index contributed by atoms with van der Waals surface area (Å²) in [6.07, 6.45) is 2.08. The number of nitrogens with zero attached hydrogens (tertiary/aromatic N) is 4. The smallest absolute Gasteiger partial charge is 0.253 e. The highest BCUT2D eigenvalue weighted by Crippen LogP contribution is 2.48. The summed E-state index contributed by atoms with van der Waals surface area (Å²) in [6.45, 7) is 4.09. The number of carbonyl (C=O) groups is 2. The van der Waals surface area contributed by atoms with E-state index in [9.17, 15) is 23.1 Å². The maximum atomic E-state index is 14.1. The number of benzene rings is 2. The Labute approximate surface area is 226 Å². The van der Waals surface area contributed by atoms with Crippen LogP contribution in [0.3, 0.4) is 0 Å². The summed E-state index contributed by atoms with van der Waals surface area (Å²) < 4.78 is 25.5. The van der Waals surface area contributed by atoms with Crippen LogP contribution in [0.5, 0.6) is 0 Å². The predicted molar refractivity (Wildman–Crippen MR) is 146 cm³/mol. The lowest BCUT2D eigenvalue weighted by molar-refractivity contribution is -0.147. The molecule has 3 aromatic rings. The summed E-state index contributed by atoms with van der Waals surface area (Å²) >= 11 is 6.21. The van der Waals surface area contributed by atoms with E-state index in [4.69, 9.17) is 16.6 Å². The molecule has 0 saturated carbocycles. The summed E-state index contributed by atoms with van der Waals surface area (Å²) in [5, 5.41) is 10.8. The molecule has 3 heterocycles. The predicted octanol–water partition coefficient (Wildman–Crippen LogP) is 2.91. The molecule has 11 heteroatoms. The van der Waals surface area contributed by atoms with Crippen LogP contribution in [0.2, 0.25) is 5.02 Å². The molecule has 9 nitrogen and oxygen atoms in total. The van der Waals surface area contributed by atoms with E-state index in [0.717, 1.165) is 16.8 Å². The van der Waals surface area contributed by atoms with Crippen LogP contribution in [0, 0.1) is 0 Å². The van der Waals surface area contributed by atoms with Crippen LogP contribution in [0.25, 0.3) is 11.0 Å². The first-order valence-corrected chi connectivity index (χ1v) is 15.0. The molecule has 1 aromatic heterocycles. The lowest BCUT2D eigenvalue weighted by atomic mass is 9.81. The van der Waals surface area contributed by atoms with Gasteiger partial charge in [-0.25, -0.2) is 13.4 Å². The van der Waals surface area contributed by atoms with Gasteiger partial charge in [-0.3, -0.25) is 9.59 Å². The van der Waals surface area contributed by atoms with E-state index in [-0.39, 0.29) is 24.7 Å². The Hall–Kier alpha value is -2.95. The summed E-state index contributed by atoms with van der Waals surface area (Å²) in [6, 6.07) is 13.0. The van der Waals surface area contributed by atoms with Gasteiger partial charge in [-0.2, -0.15) is 0 Å². The SMILES string of the molecule is CC(C)(O)C(=O)N1CC[C@]2(C1)C(=O)N(Cc1nc3cc(Cl)ccc3n1CCCS(C)(=O)=O)c1ccccc12. The molecule has 0 unspecified atom stereocenters. The van der Waals surface area contributed by atoms with Gasteiger partial charge in [-0.15, -0.1) is 0 Å². The van der Waals surface area contributed by atoms with Gasteiger partial charge in [0.2, 0.25) is 5.91 Å². The topological polar surface area (TPSA) is 113 Å². The zero-order chi connectivity index (χ0) is 27.5. The van der Waals surface area contributed by atoms with Crippen molar-refractivity contribution in [2.45, 2.75) is 50.8 Å². The Balaban J connectivity index is 1.51. The molecule has 1 fully saturated rings. The third-order valence-electron chi connectivity index (χ3n) is 7.43. The number of hydrogen-bond acceptors (Lipinski definition) is 6. The Morgan fingerprint density at radius 3 is 2.66 bits per heavy atom. The van der Waals surface area contributed by atoms with Crippen molar-refractivity contribution in [2.24, 2.45) is 0 Å². The van der Waals surface area contributed by atoms with Crippen LogP contribution in [0.15, 0.2) is 42.5 Å². The first-order valence-electron chi connectivity index (χ1n) is 12.6. The number of imidazole rings is 1. The quantitative estimate of drug-likeness (QED) is 0.477. The van der Waals surface area contributed by atoms with Gasteiger partial charge in [0.25, 0.3) is 5.91 Å². The lowest BCUT2D eigenvalue weighted by Crippen LogP contribution is -2.47. The minimum atomic E-state index is -3.13. The van der Waals surface area contributed by atoms with Crippen LogP contribution < -0.4 is 4.90 Å². The van der Waals surface area contributed by atoms with E-state index >= 15 is 0 Å². The Bertz CT molecular complexity index is 1540. The molecular formula is C27H31ClN4O5S. The number of likely N-dealkylation sites (tertiary alicyclic amines) is 1. The molecule has 2 aliphatic rings. The summed E-state index contributed by atoms with van der Waals surface area (Å²) in [5.41, 5.74) is 0.694. The van der Waals surface area contributed by atoms with Crippen LogP contribution in [0.1, 0.15) is 38.1 Å². The molecule has 38 heavy (non-hydrogen) atoms. The van der Waals surface area contributed by atoms with Crippen LogP contribution in [0.4, 0.5) is 5.69 Å². The molecule has 5 rings (SSSR count). The van der Waals surface area contributed by atoms with E-state index in [2.05, 4.69) is 0 Å². The molecule has 2 aromatic carbocycles. The van der Waals surface area contributed by atoms with Gasteiger partial charge in [0.15, 0.2) is 0 Å². The maximum Gasteiger partial charge on any atom is 0.253 e. The summed E-state index contributed by atoms with van der Waals surface area (Å²) in [7, 11) is -3.13. The molecule has 0 aliphatic carbocycles. The zero-order valence-corrected chi connectivity index (χ0v) is 23.2. The molecule has 1 atom stereocenters. The average molecular weight is 559 g/mol. The number of carbonyl (C=O) groups excluding carboxylic acids is 2. The highest BCUT2D eigenvalue weighted by molar-refractivity contribution is 7.90. The van der Waals surface area contributed by atoms with Gasteiger partial charge in [-0.05, 0) is 56.5 Å². The number of sulfone groups is 1. The number of aryl methyl sites for hydroxylation is 1. The highest BCUT2D eigenvalue weighted by atomic mass is 35.5. The molecule has 0 bridgehead atoms. The van der Waals surface area contributed by atoms with Crippen molar-refractivity contribution in [2.75, 3.05) is 30.0 Å². The van der Waals surface area contributed by atoms with Crippen molar-refractivity contribution >= 4 is 50.0 Å². The molecule has 1 spiro atoms. The van der Waals surface area contributed by atoms with Crippen LogP contribution in [-0.4, -0.2) is 70.5 Å². The molecule has 2 amide bonds. The van der Waals surface area contributed by atoms with E-state index in [1.165, 1.54) is 20.1 Å². The van der Waals surface area contributed by atoms with Crippen molar-refractivity contribution in [1.29, 1.82) is 0 Å². The number of rotatable bonds is 7. The second-order valence-corrected chi connectivity index (χ2v) is 13.5. The number of hydrogen-bond donors (Lipinski definition) is 1. The van der Waals surface area contributed by atoms with E-state index in [0.29, 0.717) is 42.3 Å². The first-order chi connectivity index (χ1) is 17.8. The number of para-hydroxylation sites is 1. The first kappa shape index (κ1) is 26.6. The van der Waals surface area contributed by atoms with Crippen LogP contribution >= 0.6 is 11.6 Å². The molecular weight excluding hydrogens is 528 g/mol. The van der Waals surface area contributed by atoms with Crippen molar-refractivity contribution in [1.82, 2.24) is 14.5 Å². The van der Waals surface area contributed by atoms with E-state index in [1.807, 2.05) is 34.9 Å². The second-order valence-electron chi connectivity index (χ2n) is 10.8. The number of aliphatic hydroxyl groups is 1. The number of anilines is 1. The van der Waals surface area contributed by atoms with Crippen molar-refractivity contribution in [3.05, 3.63) is 58.9 Å². The molecule has 0 radical (unpaired) electrons. The van der Waals surface area contributed by atoms with Crippen LogP contribution in [-0.2, 0) is 37.9 Å².